The predicted molar refractivity (Wildman–Crippen MR) is 61.5 cm³/mol. The van der Waals surface area contributed by atoms with Gasteiger partial charge in [0.25, 0.3) is 0 Å². The average Bonchev–Trinajstić information content (AvgIpc) is 2.35. The summed E-state index contributed by atoms with van der Waals surface area (Å²) in [6.07, 6.45) is -1.04. The number of rotatable bonds is 6. The summed E-state index contributed by atoms with van der Waals surface area (Å²) < 4.78 is 15.1. The molecule has 5 nitrogen and oxygen atoms in total. The van der Waals surface area contributed by atoms with E-state index < -0.39 is 6.10 Å². The lowest BCUT2D eigenvalue weighted by Gasteiger charge is -2.11. The van der Waals surface area contributed by atoms with E-state index >= 15 is 0 Å². The van der Waals surface area contributed by atoms with Crippen LogP contribution < -0.4 is 9.47 Å². The van der Waals surface area contributed by atoms with Gasteiger partial charge in [-0.05, 0) is 25.1 Å². The second-order valence-corrected chi connectivity index (χ2v) is 3.46. The fourth-order valence-electron chi connectivity index (χ4n) is 1.30. The molecular formula is C12H16O5. The number of carbonyl (C=O) groups is 1. The standard InChI is InChI=1S/C12H16O5/c1-8(13)12(14)9-4-5-10(17-7-15-2)11(6-9)16-3/h4-6,8,13H,7H2,1-3H3/t8-/m1/s1. The van der Waals surface area contributed by atoms with Crippen LogP contribution in [0.3, 0.4) is 0 Å². The lowest BCUT2D eigenvalue weighted by molar-refractivity contribution is 0.0491. The third-order valence-electron chi connectivity index (χ3n) is 2.16. The van der Waals surface area contributed by atoms with Crippen LogP contribution >= 0.6 is 0 Å². The van der Waals surface area contributed by atoms with Crippen LogP contribution in [0.15, 0.2) is 18.2 Å². The van der Waals surface area contributed by atoms with Gasteiger partial charge in [-0.3, -0.25) is 4.79 Å². The van der Waals surface area contributed by atoms with Gasteiger partial charge in [-0.1, -0.05) is 0 Å². The number of aliphatic hydroxyl groups is 1. The minimum absolute atomic E-state index is 0.0973. The van der Waals surface area contributed by atoms with Crippen molar-refractivity contribution in [2.24, 2.45) is 0 Å². The highest BCUT2D eigenvalue weighted by Gasteiger charge is 2.15. The molecule has 17 heavy (non-hydrogen) atoms. The van der Waals surface area contributed by atoms with Gasteiger partial charge in [0, 0.05) is 12.7 Å². The van der Waals surface area contributed by atoms with Gasteiger partial charge in [0.2, 0.25) is 0 Å². The van der Waals surface area contributed by atoms with Gasteiger partial charge in [-0.15, -0.1) is 0 Å². The van der Waals surface area contributed by atoms with Crippen molar-refractivity contribution in [2.45, 2.75) is 13.0 Å². The van der Waals surface area contributed by atoms with Gasteiger partial charge in [-0.2, -0.15) is 0 Å². The molecule has 0 aliphatic carbocycles. The maximum absolute atomic E-state index is 11.6. The molecule has 0 bridgehead atoms. The molecule has 0 spiro atoms. The first-order chi connectivity index (χ1) is 8.10. The molecular weight excluding hydrogens is 224 g/mol. The van der Waals surface area contributed by atoms with Crippen molar-refractivity contribution in [3.63, 3.8) is 0 Å². The first-order valence-electron chi connectivity index (χ1n) is 5.12. The molecule has 1 aromatic carbocycles. The zero-order valence-corrected chi connectivity index (χ0v) is 10.1. The van der Waals surface area contributed by atoms with Crippen molar-refractivity contribution in [2.75, 3.05) is 21.0 Å². The van der Waals surface area contributed by atoms with Crippen LogP contribution in [0.25, 0.3) is 0 Å². The fourth-order valence-corrected chi connectivity index (χ4v) is 1.30. The summed E-state index contributed by atoms with van der Waals surface area (Å²) in [5.74, 6) is 0.548. The Morgan fingerprint density at radius 1 is 1.35 bits per heavy atom. The molecule has 1 rings (SSSR count). The molecule has 0 saturated heterocycles. The average molecular weight is 240 g/mol. The maximum Gasteiger partial charge on any atom is 0.191 e. The number of methoxy groups -OCH3 is 2. The van der Waals surface area contributed by atoms with Crippen LogP contribution in [0, 0.1) is 0 Å². The molecule has 0 radical (unpaired) electrons. The molecule has 0 heterocycles. The summed E-state index contributed by atoms with van der Waals surface area (Å²) in [5.41, 5.74) is 0.376. The Bertz CT molecular complexity index is 386. The summed E-state index contributed by atoms with van der Waals surface area (Å²) in [5, 5.41) is 9.21. The molecule has 0 aromatic heterocycles. The Hall–Kier alpha value is -1.59. The Labute approximate surface area is 99.9 Å². The third-order valence-corrected chi connectivity index (χ3v) is 2.16. The first kappa shape index (κ1) is 13.5. The van der Waals surface area contributed by atoms with Crippen molar-refractivity contribution in [1.29, 1.82) is 0 Å². The number of aliphatic hydroxyl groups excluding tert-OH is 1. The van der Waals surface area contributed by atoms with Crippen LogP contribution in [0.5, 0.6) is 11.5 Å². The van der Waals surface area contributed by atoms with Crippen LogP contribution in [0.2, 0.25) is 0 Å². The molecule has 0 saturated carbocycles. The normalized spacial score (nSPS) is 12.0. The van der Waals surface area contributed by atoms with E-state index in [4.69, 9.17) is 14.2 Å². The molecule has 5 heteroatoms. The summed E-state index contributed by atoms with van der Waals surface area (Å²) in [6, 6.07) is 4.70. The van der Waals surface area contributed by atoms with E-state index in [1.807, 2.05) is 0 Å². The molecule has 0 fully saturated rings. The Morgan fingerprint density at radius 3 is 2.59 bits per heavy atom. The van der Waals surface area contributed by atoms with Gasteiger partial charge in [-0.25, -0.2) is 0 Å². The summed E-state index contributed by atoms with van der Waals surface area (Å²) >= 11 is 0. The number of carbonyl (C=O) groups excluding carboxylic acids is 1. The Balaban J connectivity index is 2.95. The summed E-state index contributed by atoms with van der Waals surface area (Å²) in [4.78, 5) is 11.6. The van der Waals surface area contributed by atoms with Crippen molar-refractivity contribution < 1.29 is 24.1 Å². The molecule has 0 amide bonds. The smallest absolute Gasteiger partial charge is 0.191 e. The number of ether oxygens (including phenoxy) is 3. The lowest BCUT2D eigenvalue weighted by atomic mass is 10.1. The highest BCUT2D eigenvalue weighted by atomic mass is 16.7. The number of Topliss-reactive ketones (excluding diaryl/α,β-unsaturated/α-hetero) is 1. The molecule has 0 aliphatic heterocycles. The molecule has 1 atom stereocenters. The minimum atomic E-state index is -1.04. The van der Waals surface area contributed by atoms with Crippen molar-refractivity contribution in [3.8, 4) is 11.5 Å². The van der Waals surface area contributed by atoms with E-state index in [1.165, 1.54) is 27.2 Å². The zero-order valence-electron chi connectivity index (χ0n) is 10.1. The van der Waals surface area contributed by atoms with Crippen LogP contribution in [-0.2, 0) is 4.74 Å². The lowest BCUT2D eigenvalue weighted by Crippen LogP contribution is -2.16. The SMILES string of the molecule is COCOc1ccc(C(=O)[C@@H](C)O)cc1OC. The minimum Gasteiger partial charge on any atom is -0.493 e. The number of hydrogen-bond acceptors (Lipinski definition) is 5. The van der Waals surface area contributed by atoms with E-state index in [0.29, 0.717) is 17.1 Å². The van der Waals surface area contributed by atoms with Crippen molar-refractivity contribution in [3.05, 3.63) is 23.8 Å². The van der Waals surface area contributed by atoms with Gasteiger partial charge in [0.1, 0.15) is 6.10 Å². The number of hydrogen-bond donors (Lipinski definition) is 1. The largest absolute Gasteiger partial charge is 0.493 e. The van der Waals surface area contributed by atoms with Gasteiger partial charge in [0.15, 0.2) is 24.1 Å². The van der Waals surface area contributed by atoms with Crippen molar-refractivity contribution in [1.82, 2.24) is 0 Å². The highest BCUT2D eigenvalue weighted by molar-refractivity contribution is 5.99. The molecule has 1 aromatic rings. The second-order valence-electron chi connectivity index (χ2n) is 3.46. The fraction of sp³-hybridized carbons (Fsp3) is 0.417. The van der Waals surface area contributed by atoms with E-state index in [2.05, 4.69) is 0 Å². The van der Waals surface area contributed by atoms with Crippen LogP contribution in [0.1, 0.15) is 17.3 Å². The third kappa shape index (κ3) is 3.44. The molecule has 0 aliphatic rings. The number of ketones is 1. The van der Waals surface area contributed by atoms with Crippen LogP contribution in [0.4, 0.5) is 0 Å². The van der Waals surface area contributed by atoms with E-state index in [0.717, 1.165) is 0 Å². The first-order valence-corrected chi connectivity index (χ1v) is 5.12. The van der Waals surface area contributed by atoms with Gasteiger partial charge >= 0.3 is 0 Å². The summed E-state index contributed by atoms with van der Waals surface area (Å²) in [7, 11) is 2.99. The van der Waals surface area contributed by atoms with Crippen molar-refractivity contribution >= 4 is 5.78 Å². The van der Waals surface area contributed by atoms with Gasteiger partial charge in [0.05, 0.1) is 7.11 Å². The second kappa shape index (κ2) is 6.22. The Morgan fingerprint density at radius 2 is 2.06 bits per heavy atom. The van der Waals surface area contributed by atoms with E-state index in [1.54, 1.807) is 12.1 Å². The van der Waals surface area contributed by atoms with E-state index in [-0.39, 0.29) is 12.6 Å². The molecule has 0 unspecified atom stereocenters. The number of benzene rings is 1. The highest BCUT2D eigenvalue weighted by Crippen LogP contribution is 2.28. The molecule has 94 valence electrons. The zero-order chi connectivity index (χ0) is 12.8. The monoisotopic (exact) mass is 240 g/mol. The maximum atomic E-state index is 11.6. The summed E-state index contributed by atoms with van der Waals surface area (Å²) in [6.45, 7) is 1.52. The Kier molecular flexibility index (Phi) is 4.93. The van der Waals surface area contributed by atoms with Gasteiger partial charge < -0.3 is 19.3 Å². The molecule has 1 N–H and O–H groups in total. The topological polar surface area (TPSA) is 65.0 Å². The quantitative estimate of drug-likeness (QED) is 0.598. The predicted octanol–water partition coefficient (Wildman–Crippen LogP) is 1.24. The van der Waals surface area contributed by atoms with E-state index in [9.17, 15) is 9.90 Å². The van der Waals surface area contributed by atoms with Crippen LogP contribution in [-0.4, -0.2) is 38.0 Å².